The van der Waals surface area contributed by atoms with Crippen molar-refractivity contribution in [3.63, 3.8) is 0 Å². The Labute approximate surface area is 104 Å². The lowest BCUT2D eigenvalue weighted by Crippen LogP contribution is -2.05. The van der Waals surface area contributed by atoms with Gasteiger partial charge in [-0.25, -0.2) is 4.79 Å². The van der Waals surface area contributed by atoms with Crippen molar-refractivity contribution in [3.8, 4) is 0 Å². The summed E-state index contributed by atoms with van der Waals surface area (Å²) in [4.78, 5) is 11.4. The van der Waals surface area contributed by atoms with E-state index in [1.165, 1.54) is 32.1 Å². The summed E-state index contributed by atoms with van der Waals surface area (Å²) in [5, 5.41) is 0. The molecule has 17 heavy (non-hydrogen) atoms. The molecule has 1 fully saturated rings. The highest BCUT2D eigenvalue weighted by Gasteiger charge is 2.10. The Morgan fingerprint density at radius 2 is 2.00 bits per heavy atom. The van der Waals surface area contributed by atoms with Gasteiger partial charge in [0.2, 0.25) is 0 Å². The van der Waals surface area contributed by atoms with Crippen LogP contribution in [-0.4, -0.2) is 12.6 Å². The summed E-state index contributed by atoms with van der Waals surface area (Å²) in [5.41, 5.74) is 0. The Kier molecular flexibility index (Phi) is 7.12. The molecule has 0 heterocycles. The van der Waals surface area contributed by atoms with E-state index in [1.807, 2.05) is 18.2 Å². The smallest absolute Gasteiger partial charge is 0.330 e. The number of rotatable bonds is 6. The van der Waals surface area contributed by atoms with Crippen LogP contribution in [0.3, 0.4) is 0 Å². The monoisotopic (exact) mass is 234 g/mol. The zero-order valence-corrected chi connectivity index (χ0v) is 10.4. The fourth-order valence-corrected chi connectivity index (χ4v) is 1.98. The van der Waals surface area contributed by atoms with Gasteiger partial charge in [0.05, 0.1) is 0 Å². The van der Waals surface area contributed by atoms with Gasteiger partial charge in [0, 0.05) is 6.08 Å². The molecule has 0 N–H and O–H groups in total. The van der Waals surface area contributed by atoms with E-state index < -0.39 is 0 Å². The molecule has 2 heteroatoms. The van der Waals surface area contributed by atoms with Crippen LogP contribution in [0.5, 0.6) is 0 Å². The van der Waals surface area contributed by atoms with Gasteiger partial charge in [0.1, 0.15) is 6.61 Å². The number of ether oxygens (including phenoxy) is 1. The van der Waals surface area contributed by atoms with E-state index in [0.29, 0.717) is 12.5 Å². The molecule has 1 aliphatic carbocycles. The summed E-state index contributed by atoms with van der Waals surface area (Å²) < 4.78 is 5.03. The zero-order chi connectivity index (χ0) is 12.3. The molecule has 0 unspecified atom stereocenters. The summed E-state index contributed by atoms with van der Waals surface area (Å²) >= 11 is 0. The van der Waals surface area contributed by atoms with Gasteiger partial charge in [0.15, 0.2) is 0 Å². The third-order valence-corrected chi connectivity index (χ3v) is 2.95. The van der Waals surface area contributed by atoms with Crippen molar-refractivity contribution < 1.29 is 9.53 Å². The number of carbonyl (C=O) groups excluding carboxylic acids is 1. The Bertz CT molecular complexity index is 283. The van der Waals surface area contributed by atoms with Crippen molar-refractivity contribution in [3.05, 3.63) is 37.0 Å². The fraction of sp³-hybridized carbons (Fsp3) is 0.533. The largest absolute Gasteiger partial charge is 0.458 e. The Morgan fingerprint density at radius 1 is 1.24 bits per heavy atom. The highest BCUT2D eigenvalue weighted by atomic mass is 16.5. The van der Waals surface area contributed by atoms with Crippen LogP contribution in [0.25, 0.3) is 0 Å². The van der Waals surface area contributed by atoms with Gasteiger partial charge in [-0.15, -0.1) is 6.58 Å². The lowest BCUT2D eigenvalue weighted by Gasteiger charge is -2.17. The average molecular weight is 234 g/mol. The number of carbonyl (C=O) groups is 1. The minimum Gasteiger partial charge on any atom is -0.458 e. The van der Waals surface area contributed by atoms with Crippen LogP contribution in [0.2, 0.25) is 0 Å². The van der Waals surface area contributed by atoms with Gasteiger partial charge < -0.3 is 4.74 Å². The van der Waals surface area contributed by atoms with Gasteiger partial charge in [0.25, 0.3) is 0 Å². The summed E-state index contributed by atoms with van der Waals surface area (Å²) in [5.74, 6) is 0.339. The van der Waals surface area contributed by atoms with Crippen molar-refractivity contribution in [1.29, 1.82) is 0 Å². The van der Waals surface area contributed by atoms with Crippen molar-refractivity contribution in [2.75, 3.05) is 6.61 Å². The van der Waals surface area contributed by atoms with E-state index in [-0.39, 0.29) is 5.97 Å². The molecule has 1 rings (SSSR count). The molecular formula is C15H22O2. The van der Waals surface area contributed by atoms with Gasteiger partial charge >= 0.3 is 5.97 Å². The van der Waals surface area contributed by atoms with Crippen LogP contribution < -0.4 is 0 Å². The van der Waals surface area contributed by atoms with Crippen molar-refractivity contribution in [1.82, 2.24) is 0 Å². The topological polar surface area (TPSA) is 26.3 Å². The molecule has 0 bridgehead atoms. The Hall–Kier alpha value is -1.31. The van der Waals surface area contributed by atoms with Gasteiger partial charge in [-0.05, 0) is 25.2 Å². The van der Waals surface area contributed by atoms with Crippen molar-refractivity contribution in [2.24, 2.45) is 5.92 Å². The second-order valence-electron chi connectivity index (χ2n) is 4.38. The van der Waals surface area contributed by atoms with Crippen LogP contribution >= 0.6 is 0 Å². The van der Waals surface area contributed by atoms with Crippen LogP contribution in [0.15, 0.2) is 37.0 Å². The maximum Gasteiger partial charge on any atom is 0.330 e. The minimum atomic E-state index is -0.237. The standard InChI is InChI=1S/C15H22O2/c1-2-3-4-8-13-17-15(16)12-11-14-9-6-5-7-10-14/h2,4,8,11-12,14H,1,3,5-7,9-10,13H2/b8-4-,12-11+. The molecule has 0 aromatic carbocycles. The summed E-state index contributed by atoms with van der Waals surface area (Å²) in [6.07, 6.45) is 16.3. The first-order chi connectivity index (χ1) is 8.33. The molecule has 1 aliphatic rings. The number of hydrogen-bond acceptors (Lipinski definition) is 2. The van der Waals surface area contributed by atoms with Gasteiger partial charge in [-0.3, -0.25) is 0 Å². The average Bonchev–Trinajstić information content (AvgIpc) is 2.37. The summed E-state index contributed by atoms with van der Waals surface area (Å²) in [7, 11) is 0. The molecule has 0 amide bonds. The molecule has 1 saturated carbocycles. The molecule has 0 aromatic heterocycles. The highest BCUT2D eigenvalue weighted by Crippen LogP contribution is 2.24. The maximum atomic E-state index is 11.4. The molecule has 0 aromatic rings. The molecular weight excluding hydrogens is 212 g/mol. The first-order valence-electron chi connectivity index (χ1n) is 6.44. The zero-order valence-electron chi connectivity index (χ0n) is 10.4. The first kappa shape index (κ1) is 13.8. The fourth-order valence-electron chi connectivity index (χ4n) is 1.98. The van der Waals surface area contributed by atoms with Crippen LogP contribution in [0.1, 0.15) is 38.5 Å². The van der Waals surface area contributed by atoms with E-state index in [1.54, 1.807) is 12.2 Å². The number of hydrogen-bond donors (Lipinski definition) is 0. The van der Waals surface area contributed by atoms with E-state index in [0.717, 1.165) is 6.42 Å². The van der Waals surface area contributed by atoms with Gasteiger partial charge in [-0.2, -0.15) is 0 Å². The van der Waals surface area contributed by atoms with Crippen molar-refractivity contribution in [2.45, 2.75) is 38.5 Å². The molecule has 0 spiro atoms. The molecule has 2 nitrogen and oxygen atoms in total. The molecule has 0 saturated heterocycles. The van der Waals surface area contributed by atoms with E-state index in [4.69, 9.17) is 4.74 Å². The van der Waals surface area contributed by atoms with Crippen LogP contribution in [-0.2, 0) is 9.53 Å². The lowest BCUT2D eigenvalue weighted by atomic mass is 9.89. The molecule has 0 radical (unpaired) electrons. The predicted octanol–water partition coefficient (Wildman–Crippen LogP) is 3.80. The van der Waals surface area contributed by atoms with E-state index in [9.17, 15) is 4.79 Å². The van der Waals surface area contributed by atoms with E-state index >= 15 is 0 Å². The normalized spacial score (nSPS) is 17.6. The molecule has 94 valence electrons. The third kappa shape index (κ3) is 6.77. The van der Waals surface area contributed by atoms with Gasteiger partial charge in [-0.1, -0.05) is 43.6 Å². The number of allylic oxidation sites excluding steroid dienone is 3. The lowest BCUT2D eigenvalue weighted by molar-refractivity contribution is -0.136. The van der Waals surface area contributed by atoms with Crippen LogP contribution in [0, 0.1) is 5.92 Å². The van der Waals surface area contributed by atoms with Crippen molar-refractivity contribution >= 4 is 5.97 Å². The minimum absolute atomic E-state index is 0.237. The SMILES string of the molecule is C=CC/C=C\COC(=O)/C=C/C1CCCCC1. The number of esters is 1. The molecule has 0 aliphatic heterocycles. The third-order valence-electron chi connectivity index (χ3n) is 2.95. The Balaban J connectivity index is 2.14. The van der Waals surface area contributed by atoms with Crippen LogP contribution in [0.4, 0.5) is 0 Å². The highest BCUT2D eigenvalue weighted by molar-refractivity contribution is 5.81. The maximum absolute atomic E-state index is 11.4. The summed E-state index contributed by atoms with van der Waals surface area (Å²) in [6, 6.07) is 0. The Morgan fingerprint density at radius 3 is 2.71 bits per heavy atom. The molecule has 0 atom stereocenters. The first-order valence-corrected chi connectivity index (χ1v) is 6.44. The second kappa shape index (κ2) is 8.80. The predicted molar refractivity (Wildman–Crippen MR) is 70.6 cm³/mol. The van der Waals surface area contributed by atoms with E-state index in [2.05, 4.69) is 6.58 Å². The second-order valence-corrected chi connectivity index (χ2v) is 4.38. The quantitative estimate of drug-likeness (QED) is 0.397. The summed E-state index contributed by atoms with van der Waals surface area (Å²) in [6.45, 7) is 3.95.